The average molecular weight is 286 g/mol. The Kier molecular flexibility index (Phi) is 5.90. The minimum atomic E-state index is -0.629. The molecule has 1 aliphatic rings. The number of nitrogens with one attached hydrogen (secondary N) is 2. The Bertz CT molecular complexity index is 372. The fourth-order valence-corrected chi connectivity index (χ4v) is 2.03. The van der Waals surface area contributed by atoms with Crippen LogP contribution in [0.1, 0.15) is 26.7 Å². The van der Waals surface area contributed by atoms with Crippen molar-refractivity contribution >= 4 is 18.2 Å². The Morgan fingerprint density at radius 2 is 2.00 bits per heavy atom. The van der Waals surface area contributed by atoms with E-state index in [0.717, 1.165) is 5.06 Å². The van der Waals surface area contributed by atoms with E-state index < -0.39 is 11.9 Å². The van der Waals surface area contributed by atoms with E-state index in [-0.39, 0.29) is 24.4 Å². The molecule has 8 nitrogen and oxygen atoms in total. The zero-order valence-electron chi connectivity index (χ0n) is 12.0. The van der Waals surface area contributed by atoms with E-state index in [0.29, 0.717) is 19.3 Å². The lowest BCUT2D eigenvalue weighted by atomic mass is 9.98. The molecule has 0 aliphatic carbocycles. The molecule has 3 amide bonds. The smallest absolute Gasteiger partial charge is 0.261 e. The molecular formula is C12H22N4O4. The number of likely N-dealkylation sites (N-methyl/N-ethyl adjacent to an activating group) is 1. The van der Waals surface area contributed by atoms with Gasteiger partial charge in [0, 0.05) is 19.5 Å². The summed E-state index contributed by atoms with van der Waals surface area (Å²) in [5.74, 6) is -0.957. The van der Waals surface area contributed by atoms with Gasteiger partial charge in [0.15, 0.2) is 0 Å². The number of piperidine rings is 1. The molecule has 0 spiro atoms. The molecule has 1 aliphatic heterocycles. The van der Waals surface area contributed by atoms with Gasteiger partial charge in [-0.05, 0) is 12.8 Å². The van der Waals surface area contributed by atoms with E-state index in [1.807, 2.05) is 0 Å². The molecule has 0 aromatic heterocycles. The second-order valence-corrected chi connectivity index (χ2v) is 5.26. The highest BCUT2D eigenvalue weighted by Crippen LogP contribution is 2.18. The van der Waals surface area contributed by atoms with Crippen LogP contribution in [-0.2, 0) is 14.4 Å². The van der Waals surface area contributed by atoms with Crippen LogP contribution in [0.2, 0.25) is 0 Å². The number of carbonyl (C=O) groups is 3. The summed E-state index contributed by atoms with van der Waals surface area (Å²) in [4.78, 5) is 35.7. The first kappa shape index (κ1) is 16.4. The van der Waals surface area contributed by atoms with Crippen LogP contribution in [0.5, 0.6) is 0 Å². The van der Waals surface area contributed by atoms with Crippen molar-refractivity contribution in [1.29, 1.82) is 0 Å². The third-order valence-electron chi connectivity index (χ3n) is 3.39. The predicted octanol–water partition coefficient (Wildman–Crippen LogP) is -0.900. The summed E-state index contributed by atoms with van der Waals surface area (Å²) >= 11 is 0. The second kappa shape index (κ2) is 7.20. The van der Waals surface area contributed by atoms with E-state index in [4.69, 9.17) is 0 Å². The van der Waals surface area contributed by atoms with Crippen LogP contribution < -0.4 is 10.9 Å². The fourth-order valence-electron chi connectivity index (χ4n) is 2.03. The Morgan fingerprint density at radius 1 is 1.35 bits per heavy atom. The number of hydroxylamine groups is 2. The minimum absolute atomic E-state index is 0.186. The highest BCUT2D eigenvalue weighted by atomic mass is 16.5. The van der Waals surface area contributed by atoms with Crippen LogP contribution in [0, 0.1) is 5.92 Å². The zero-order valence-corrected chi connectivity index (χ0v) is 12.0. The van der Waals surface area contributed by atoms with Crippen molar-refractivity contribution in [1.82, 2.24) is 20.8 Å². The predicted molar refractivity (Wildman–Crippen MR) is 70.3 cm³/mol. The number of hydrogen-bond donors (Lipinski definition) is 3. The van der Waals surface area contributed by atoms with Gasteiger partial charge in [0.2, 0.25) is 12.3 Å². The number of nitrogens with zero attached hydrogens (tertiary/aromatic N) is 2. The summed E-state index contributed by atoms with van der Waals surface area (Å²) in [7, 11) is 1.51. The number of rotatable bonds is 4. The Morgan fingerprint density at radius 3 is 2.50 bits per heavy atom. The molecule has 0 bridgehead atoms. The van der Waals surface area contributed by atoms with E-state index in [2.05, 4.69) is 10.9 Å². The highest BCUT2D eigenvalue weighted by Gasteiger charge is 2.33. The molecule has 2 atom stereocenters. The molecule has 114 valence electrons. The molecule has 8 heteroatoms. The zero-order chi connectivity index (χ0) is 15.3. The van der Waals surface area contributed by atoms with Crippen LogP contribution in [0.25, 0.3) is 0 Å². The van der Waals surface area contributed by atoms with Crippen molar-refractivity contribution < 1.29 is 19.6 Å². The lowest BCUT2D eigenvalue weighted by Crippen LogP contribution is -2.57. The minimum Gasteiger partial charge on any atom is -0.332 e. The lowest BCUT2D eigenvalue weighted by Gasteiger charge is -2.38. The number of likely N-dealkylation sites (tertiary alicyclic amines) is 1. The van der Waals surface area contributed by atoms with E-state index in [9.17, 15) is 19.6 Å². The van der Waals surface area contributed by atoms with Crippen molar-refractivity contribution in [3.63, 3.8) is 0 Å². The van der Waals surface area contributed by atoms with Crippen molar-refractivity contribution in [3.05, 3.63) is 0 Å². The lowest BCUT2D eigenvalue weighted by molar-refractivity contribution is -0.148. The third-order valence-corrected chi connectivity index (χ3v) is 3.39. The summed E-state index contributed by atoms with van der Waals surface area (Å²) in [6, 6.07) is -0.814. The van der Waals surface area contributed by atoms with Crippen LogP contribution in [0.3, 0.4) is 0 Å². The van der Waals surface area contributed by atoms with Gasteiger partial charge in [0.25, 0.3) is 5.91 Å². The van der Waals surface area contributed by atoms with Gasteiger partial charge < -0.3 is 10.1 Å². The first-order valence-electron chi connectivity index (χ1n) is 6.59. The third kappa shape index (κ3) is 4.17. The summed E-state index contributed by atoms with van der Waals surface area (Å²) in [6.45, 7) is 3.69. The summed E-state index contributed by atoms with van der Waals surface area (Å²) in [5, 5.41) is 10.4. The number of hydrogen-bond acceptors (Lipinski definition) is 5. The van der Waals surface area contributed by atoms with Gasteiger partial charge in [-0.3, -0.25) is 25.2 Å². The molecule has 1 rings (SSSR count). The number of hydrazine groups is 1. The first-order chi connectivity index (χ1) is 9.36. The van der Waals surface area contributed by atoms with E-state index in [1.165, 1.54) is 11.9 Å². The standard InChI is InChI=1S/C12H22N4O4/c1-8(2)11(18)13-14-12(19)10-5-4-9(15(3)20)6-16(10)7-17/h7-10,20H,4-6H2,1-3H3,(H,13,18)(H,14,19). The van der Waals surface area contributed by atoms with Crippen LogP contribution in [0.4, 0.5) is 0 Å². The van der Waals surface area contributed by atoms with Crippen LogP contribution in [-0.4, -0.2) is 59.1 Å². The van der Waals surface area contributed by atoms with Crippen molar-refractivity contribution in [3.8, 4) is 0 Å². The first-order valence-corrected chi connectivity index (χ1v) is 6.59. The summed E-state index contributed by atoms with van der Waals surface area (Å²) < 4.78 is 0. The fraction of sp³-hybridized carbons (Fsp3) is 0.750. The Hall–Kier alpha value is -1.67. The van der Waals surface area contributed by atoms with Gasteiger partial charge in [-0.2, -0.15) is 5.06 Å². The molecule has 0 aromatic carbocycles. The molecule has 1 heterocycles. The van der Waals surface area contributed by atoms with Gasteiger partial charge in [0.05, 0.1) is 6.04 Å². The molecule has 0 saturated carbocycles. The van der Waals surface area contributed by atoms with Crippen molar-refractivity contribution in [2.24, 2.45) is 5.92 Å². The van der Waals surface area contributed by atoms with E-state index in [1.54, 1.807) is 13.8 Å². The average Bonchev–Trinajstić information content (AvgIpc) is 2.43. The number of carbonyl (C=O) groups excluding carboxylic acids is 3. The molecular weight excluding hydrogens is 264 g/mol. The summed E-state index contributed by atoms with van der Waals surface area (Å²) in [5.41, 5.74) is 4.64. The van der Waals surface area contributed by atoms with Gasteiger partial charge in [-0.15, -0.1) is 0 Å². The molecule has 0 aromatic rings. The maximum Gasteiger partial charge on any atom is 0.261 e. The maximum atomic E-state index is 12.0. The van der Waals surface area contributed by atoms with Crippen molar-refractivity contribution in [2.45, 2.75) is 38.8 Å². The van der Waals surface area contributed by atoms with Gasteiger partial charge in [-0.1, -0.05) is 13.8 Å². The van der Waals surface area contributed by atoms with Gasteiger partial charge in [-0.25, -0.2) is 0 Å². The van der Waals surface area contributed by atoms with Crippen LogP contribution >= 0.6 is 0 Å². The maximum absolute atomic E-state index is 12.0. The normalized spacial score (nSPS) is 22.8. The number of amides is 3. The topological polar surface area (TPSA) is 102 Å². The molecule has 0 radical (unpaired) electrons. The molecule has 20 heavy (non-hydrogen) atoms. The second-order valence-electron chi connectivity index (χ2n) is 5.26. The summed E-state index contributed by atoms with van der Waals surface area (Å²) in [6.07, 6.45) is 1.61. The molecule has 3 N–H and O–H groups in total. The SMILES string of the molecule is CC(C)C(=O)NNC(=O)C1CCC(N(C)O)CN1C=O. The van der Waals surface area contributed by atoms with Crippen molar-refractivity contribution in [2.75, 3.05) is 13.6 Å². The van der Waals surface area contributed by atoms with Gasteiger partial charge in [0.1, 0.15) is 6.04 Å². The van der Waals surface area contributed by atoms with E-state index >= 15 is 0 Å². The monoisotopic (exact) mass is 286 g/mol. The molecule has 2 unspecified atom stereocenters. The quantitative estimate of drug-likeness (QED) is 0.459. The highest BCUT2D eigenvalue weighted by molar-refractivity contribution is 5.87. The molecule has 1 saturated heterocycles. The van der Waals surface area contributed by atoms with Gasteiger partial charge >= 0.3 is 0 Å². The largest absolute Gasteiger partial charge is 0.332 e. The Labute approximate surface area is 118 Å². The Balaban J connectivity index is 2.55. The van der Waals surface area contributed by atoms with Crippen LogP contribution in [0.15, 0.2) is 0 Å². The molecule has 1 fully saturated rings.